The summed E-state index contributed by atoms with van der Waals surface area (Å²) in [5, 5.41) is 9.38. The second-order valence-electron chi connectivity index (χ2n) is 4.94. The van der Waals surface area contributed by atoms with E-state index in [0.29, 0.717) is 6.92 Å². The molecule has 0 rings (SSSR count). The number of rotatable bonds is 5. The molecule has 0 bridgehead atoms. The van der Waals surface area contributed by atoms with Gasteiger partial charge in [0.15, 0.2) is 5.60 Å². The van der Waals surface area contributed by atoms with Gasteiger partial charge in [-0.05, 0) is 19.8 Å². The van der Waals surface area contributed by atoms with Gasteiger partial charge in [-0.25, -0.2) is 4.79 Å². The van der Waals surface area contributed by atoms with Crippen molar-refractivity contribution in [1.29, 1.82) is 0 Å². The average molecular weight is 268 g/mol. The molecule has 0 aliphatic heterocycles. The molecule has 0 aromatic rings. The molecule has 0 saturated heterocycles. The molecule has 0 spiro atoms. The van der Waals surface area contributed by atoms with E-state index >= 15 is 0 Å². The van der Waals surface area contributed by atoms with Gasteiger partial charge in [0.25, 0.3) is 0 Å². The highest BCUT2D eigenvalue weighted by Gasteiger charge is 2.51. The summed E-state index contributed by atoms with van der Waals surface area (Å²) in [5.74, 6) is -1.10. The summed E-state index contributed by atoms with van der Waals surface area (Å²) >= 11 is 0. The minimum absolute atomic E-state index is 0.104. The van der Waals surface area contributed by atoms with Crippen LogP contribution in [0, 0.1) is 5.92 Å². The molecular formula is C12H19F3O3. The van der Waals surface area contributed by atoms with Crippen molar-refractivity contribution in [2.75, 3.05) is 0 Å². The Labute approximate surface area is 105 Å². The SMILES string of the molecule is C=C(C)C(=O)OC(CC(C)(O)C(F)(F)F)C(C)C. The van der Waals surface area contributed by atoms with E-state index in [1.54, 1.807) is 13.8 Å². The minimum Gasteiger partial charge on any atom is -0.459 e. The zero-order valence-electron chi connectivity index (χ0n) is 11.0. The van der Waals surface area contributed by atoms with Crippen LogP contribution in [0.25, 0.3) is 0 Å². The molecular weight excluding hydrogens is 249 g/mol. The van der Waals surface area contributed by atoms with Gasteiger partial charge in [0, 0.05) is 12.0 Å². The predicted molar refractivity (Wildman–Crippen MR) is 60.8 cm³/mol. The summed E-state index contributed by atoms with van der Waals surface area (Å²) in [6.45, 7) is 8.65. The number of ether oxygens (including phenoxy) is 1. The topological polar surface area (TPSA) is 46.5 Å². The first-order valence-corrected chi connectivity index (χ1v) is 5.54. The molecule has 0 aliphatic carbocycles. The fourth-order valence-corrected chi connectivity index (χ4v) is 1.16. The molecule has 2 atom stereocenters. The first-order chi connectivity index (χ1) is 7.88. The van der Waals surface area contributed by atoms with Crippen molar-refractivity contribution < 1.29 is 27.8 Å². The van der Waals surface area contributed by atoms with Crippen molar-refractivity contribution in [3.05, 3.63) is 12.2 Å². The molecule has 3 nitrogen and oxygen atoms in total. The lowest BCUT2D eigenvalue weighted by Crippen LogP contribution is -2.46. The van der Waals surface area contributed by atoms with Crippen LogP contribution in [-0.4, -0.2) is 29.0 Å². The van der Waals surface area contributed by atoms with Gasteiger partial charge in [-0.1, -0.05) is 20.4 Å². The average Bonchev–Trinajstić information content (AvgIpc) is 2.13. The summed E-state index contributed by atoms with van der Waals surface area (Å²) in [5.41, 5.74) is -2.79. The molecule has 0 saturated carbocycles. The van der Waals surface area contributed by atoms with Crippen LogP contribution < -0.4 is 0 Å². The Balaban J connectivity index is 4.85. The standard InChI is InChI=1S/C12H19F3O3/c1-7(2)9(18-10(16)8(3)4)6-11(5,17)12(13,14)15/h7,9,17H,3,6H2,1-2,4-5H3. The lowest BCUT2D eigenvalue weighted by atomic mass is 9.92. The van der Waals surface area contributed by atoms with Gasteiger partial charge < -0.3 is 9.84 Å². The van der Waals surface area contributed by atoms with Crippen LogP contribution in [0.5, 0.6) is 0 Å². The maximum atomic E-state index is 12.5. The Morgan fingerprint density at radius 2 is 1.83 bits per heavy atom. The lowest BCUT2D eigenvalue weighted by Gasteiger charge is -2.31. The van der Waals surface area contributed by atoms with Gasteiger partial charge in [-0.3, -0.25) is 0 Å². The van der Waals surface area contributed by atoms with E-state index in [9.17, 15) is 23.1 Å². The Kier molecular flexibility index (Phi) is 5.40. The monoisotopic (exact) mass is 268 g/mol. The minimum atomic E-state index is -4.77. The van der Waals surface area contributed by atoms with E-state index in [0.717, 1.165) is 0 Å². The highest BCUT2D eigenvalue weighted by atomic mass is 19.4. The lowest BCUT2D eigenvalue weighted by molar-refractivity contribution is -0.263. The highest BCUT2D eigenvalue weighted by molar-refractivity contribution is 5.87. The Hall–Kier alpha value is -1.04. The van der Waals surface area contributed by atoms with Crippen LogP contribution in [0.2, 0.25) is 0 Å². The van der Waals surface area contributed by atoms with Crippen LogP contribution in [0.4, 0.5) is 13.2 Å². The summed E-state index contributed by atoms with van der Waals surface area (Å²) < 4.78 is 42.5. The first-order valence-electron chi connectivity index (χ1n) is 5.54. The van der Waals surface area contributed by atoms with Crippen LogP contribution in [0.15, 0.2) is 12.2 Å². The number of carbonyl (C=O) groups is 1. The number of halogens is 3. The van der Waals surface area contributed by atoms with Gasteiger partial charge in [-0.15, -0.1) is 0 Å². The second kappa shape index (κ2) is 5.73. The van der Waals surface area contributed by atoms with Crippen molar-refractivity contribution in [1.82, 2.24) is 0 Å². The molecule has 1 N–H and O–H groups in total. The maximum absolute atomic E-state index is 12.5. The van der Waals surface area contributed by atoms with E-state index < -0.39 is 30.3 Å². The fourth-order valence-electron chi connectivity index (χ4n) is 1.16. The van der Waals surface area contributed by atoms with E-state index in [4.69, 9.17) is 4.74 Å². The Morgan fingerprint density at radius 3 is 2.11 bits per heavy atom. The number of aliphatic hydroxyl groups is 1. The number of hydrogen-bond acceptors (Lipinski definition) is 3. The number of carbonyl (C=O) groups excluding carboxylic acids is 1. The van der Waals surface area contributed by atoms with Gasteiger partial charge >= 0.3 is 12.1 Å². The number of esters is 1. The summed E-state index contributed by atoms with van der Waals surface area (Å²) in [4.78, 5) is 11.3. The summed E-state index contributed by atoms with van der Waals surface area (Å²) in [6.07, 6.45) is -6.49. The van der Waals surface area contributed by atoms with Crippen molar-refractivity contribution in [3.8, 4) is 0 Å². The molecule has 0 amide bonds. The third kappa shape index (κ3) is 4.68. The maximum Gasteiger partial charge on any atom is 0.417 e. The highest BCUT2D eigenvalue weighted by Crippen LogP contribution is 2.35. The molecule has 0 heterocycles. The third-order valence-corrected chi connectivity index (χ3v) is 2.56. The predicted octanol–water partition coefficient (Wildman–Crippen LogP) is 2.83. The van der Waals surface area contributed by atoms with E-state index in [1.165, 1.54) is 6.92 Å². The van der Waals surface area contributed by atoms with E-state index in [1.807, 2.05) is 0 Å². The Bertz CT molecular complexity index is 319. The van der Waals surface area contributed by atoms with Crippen LogP contribution in [0.3, 0.4) is 0 Å². The number of hydrogen-bond donors (Lipinski definition) is 1. The molecule has 0 fully saturated rings. The van der Waals surface area contributed by atoms with Gasteiger partial charge in [0.05, 0.1) is 0 Å². The zero-order chi connectivity index (χ0) is 14.7. The van der Waals surface area contributed by atoms with Crippen molar-refractivity contribution in [2.24, 2.45) is 5.92 Å². The van der Waals surface area contributed by atoms with Gasteiger partial charge in [0.2, 0.25) is 0 Å². The fraction of sp³-hybridized carbons (Fsp3) is 0.750. The quantitative estimate of drug-likeness (QED) is 0.616. The molecule has 106 valence electrons. The summed E-state index contributed by atoms with van der Waals surface area (Å²) in [7, 11) is 0. The molecule has 0 aromatic carbocycles. The van der Waals surface area contributed by atoms with Crippen LogP contribution in [-0.2, 0) is 9.53 Å². The molecule has 2 unspecified atom stereocenters. The van der Waals surface area contributed by atoms with Gasteiger partial charge in [-0.2, -0.15) is 13.2 Å². The zero-order valence-corrected chi connectivity index (χ0v) is 11.0. The third-order valence-electron chi connectivity index (χ3n) is 2.56. The molecule has 0 aliphatic rings. The normalized spacial score (nSPS) is 17.2. The van der Waals surface area contributed by atoms with Crippen LogP contribution in [0.1, 0.15) is 34.1 Å². The molecule has 0 radical (unpaired) electrons. The number of alkyl halides is 3. The van der Waals surface area contributed by atoms with Crippen molar-refractivity contribution >= 4 is 5.97 Å². The first kappa shape index (κ1) is 17.0. The molecule has 18 heavy (non-hydrogen) atoms. The van der Waals surface area contributed by atoms with Crippen LogP contribution >= 0.6 is 0 Å². The molecule has 0 aromatic heterocycles. The van der Waals surface area contributed by atoms with Crippen molar-refractivity contribution in [3.63, 3.8) is 0 Å². The Morgan fingerprint density at radius 1 is 1.39 bits per heavy atom. The molecule has 6 heteroatoms. The van der Waals surface area contributed by atoms with Gasteiger partial charge in [0.1, 0.15) is 6.10 Å². The van der Waals surface area contributed by atoms with E-state index in [-0.39, 0.29) is 11.5 Å². The van der Waals surface area contributed by atoms with E-state index in [2.05, 4.69) is 6.58 Å². The summed E-state index contributed by atoms with van der Waals surface area (Å²) in [6, 6.07) is 0. The van der Waals surface area contributed by atoms with Crippen molar-refractivity contribution in [2.45, 2.75) is 52.0 Å². The largest absolute Gasteiger partial charge is 0.459 e. The smallest absolute Gasteiger partial charge is 0.417 e. The second-order valence-corrected chi connectivity index (χ2v) is 4.94.